The quantitative estimate of drug-likeness (QED) is 0.775. The van der Waals surface area contributed by atoms with Gasteiger partial charge in [-0.25, -0.2) is 12.7 Å². The summed E-state index contributed by atoms with van der Waals surface area (Å²) < 4.78 is 36.5. The second kappa shape index (κ2) is 7.84. The second-order valence-corrected chi connectivity index (χ2v) is 9.08. The van der Waals surface area contributed by atoms with Gasteiger partial charge in [-0.2, -0.15) is 0 Å². The minimum atomic E-state index is -3.08. The van der Waals surface area contributed by atoms with E-state index in [1.54, 1.807) is 29.6 Å². The monoisotopic (exact) mass is 382 g/mol. The number of piperidine rings is 1. The number of sulfonamides is 1. The SMILES string of the molecule is COc1ccc(C(=O)NCC2CCN(S(=O)(=O)C3CC3)CC2)cc1OC. The Hall–Kier alpha value is -1.80. The molecular formula is C18H26N2O5S. The summed E-state index contributed by atoms with van der Waals surface area (Å²) >= 11 is 0. The molecule has 1 aromatic rings. The predicted octanol–water partition coefficient (Wildman–Crippen LogP) is 1.64. The normalized spacial score (nSPS) is 19.2. The number of hydrogen-bond donors (Lipinski definition) is 1. The fraction of sp³-hybridized carbons (Fsp3) is 0.611. The van der Waals surface area contributed by atoms with E-state index in [1.165, 1.54) is 7.11 Å². The minimum absolute atomic E-state index is 0.149. The van der Waals surface area contributed by atoms with Crippen molar-refractivity contribution in [2.45, 2.75) is 30.9 Å². The third-order valence-electron chi connectivity index (χ3n) is 5.08. The zero-order valence-corrected chi connectivity index (χ0v) is 16.0. The zero-order valence-electron chi connectivity index (χ0n) is 15.2. The molecule has 7 nitrogen and oxygen atoms in total. The first-order valence-electron chi connectivity index (χ1n) is 8.95. The van der Waals surface area contributed by atoms with Crippen LogP contribution in [0.5, 0.6) is 11.5 Å². The summed E-state index contributed by atoms with van der Waals surface area (Å²) in [7, 11) is -0.000874. The summed E-state index contributed by atoms with van der Waals surface area (Å²) in [6.07, 6.45) is 3.14. The van der Waals surface area contributed by atoms with Gasteiger partial charge in [0, 0.05) is 25.2 Å². The van der Waals surface area contributed by atoms with Gasteiger partial charge < -0.3 is 14.8 Å². The number of nitrogens with one attached hydrogen (secondary N) is 1. The highest BCUT2D eigenvalue weighted by molar-refractivity contribution is 7.90. The van der Waals surface area contributed by atoms with Crippen molar-refractivity contribution in [1.82, 2.24) is 9.62 Å². The van der Waals surface area contributed by atoms with Gasteiger partial charge in [0.15, 0.2) is 11.5 Å². The van der Waals surface area contributed by atoms with Crippen LogP contribution in [-0.4, -0.2) is 57.7 Å². The Labute approximate surface area is 154 Å². The lowest BCUT2D eigenvalue weighted by Gasteiger charge is -2.31. The van der Waals surface area contributed by atoms with E-state index in [1.807, 2.05) is 0 Å². The molecule has 1 aromatic carbocycles. The molecule has 1 saturated heterocycles. The summed E-state index contributed by atoms with van der Waals surface area (Å²) in [6, 6.07) is 5.05. The van der Waals surface area contributed by atoms with E-state index in [4.69, 9.17) is 9.47 Å². The van der Waals surface area contributed by atoms with Crippen LogP contribution in [0, 0.1) is 5.92 Å². The number of benzene rings is 1. The molecule has 1 saturated carbocycles. The van der Waals surface area contributed by atoms with Crippen molar-refractivity contribution < 1.29 is 22.7 Å². The lowest BCUT2D eigenvalue weighted by atomic mass is 9.98. The Morgan fingerprint density at radius 3 is 2.35 bits per heavy atom. The maximum absolute atomic E-state index is 12.4. The molecule has 26 heavy (non-hydrogen) atoms. The molecular weight excluding hydrogens is 356 g/mol. The van der Waals surface area contributed by atoms with Crippen molar-refractivity contribution in [2.75, 3.05) is 33.9 Å². The topological polar surface area (TPSA) is 84.9 Å². The molecule has 1 aliphatic heterocycles. The van der Waals surface area contributed by atoms with Crippen LogP contribution < -0.4 is 14.8 Å². The van der Waals surface area contributed by atoms with Crippen LogP contribution in [0.2, 0.25) is 0 Å². The van der Waals surface area contributed by atoms with E-state index in [0.717, 1.165) is 25.7 Å². The van der Waals surface area contributed by atoms with Crippen molar-refractivity contribution >= 4 is 15.9 Å². The second-order valence-electron chi connectivity index (χ2n) is 6.87. The highest BCUT2D eigenvalue weighted by atomic mass is 32.2. The van der Waals surface area contributed by atoms with Crippen LogP contribution in [0.1, 0.15) is 36.0 Å². The summed E-state index contributed by atoms with van der Waals surface area (Å²) in [5.74, 6) is 1.22. The van der Waals surface area contributed by atoms with Crippen LogP contribution in [-0.2, 0) is 10.0 Å². The van der Waals surface area contributed by atoms with E-state index < -0.39 is 10.0 Å². The summed E-state index contributed by atoms with van der Waals surface area (Å²) in [5.41, 5.74) is 0.511. The van der Waals surface area contributed by atoms with Gasteiger partial charge in [0.05, 0.1) is 19.5 Å². The molecule has 0 unspecified atom stereocenters. The molecule has 8 heteroatoms. The maximum atomic E-state index is 12.4. The van der Waals surface area contributed by atoms with Crippen LogP contribution in [0.15, 0.2) is 18.2 Å². The molecule has 0 spiro atoms. The van der Waals surface area contributed by atoms with Crippen LogP contribution >= 0.6 is 0 Å². The number of carbonyl (C=O) groups excluding carboxylic acids is 1. The summed E-state index contributed by atoms with van der Waals surface area (Å²) in [6.45, 7) is 1.65. The number of ether oxygens (including phenoxy) is 2. The minimum Gasteiger partial charge on any atom is -0.493 e. The zero-order chi connectivity index (χ0) is 18.7. The number of rotatable bonds is 7. The number of amides is 1. The van der Waals surface area contributed by atoms with Gasteiger partial charge in [-0.05, 0) is 49.8 Å². The first kappa shape index (κ1) is 19.0. The average molecular weight is 382 g/mol. The lowest BCUT2D eigenvalue weighted by molar-refractivity contribution is 0.0941. The standard InChI is InChI=1S/C18H26N2O5S/c1-24-16-6-3-14(11-17(16)25-2)18(21)19-12-13-7-9-20(10-8-13)26(22,23)15-4-5-15/h3,6,11,13,15H,4-5,7-10,12H2,1-2H3,(H,19,21). The van der Waals surface area contributed by atoms with E-state index in [9.17, 15) is 13.2 Å². The van der Waals surface area contributed by atoms with E-state index in [2.05, 4.69) is 5.32 Å². The van der Waals surface area contributed by atoms with Gasteiger partial charge >= 0.3 is 0 Å². The van der Waals surface area contributed by atoms with Crippen molar-refractivity contribution in [1.29, 1.82) is 0 Å². The third-order valence-corrected chi connectivity index (χ3v) is 7.47. The van der Waals surface area contributed by atoms with Gasteiger partial charge in [0.2, 0.25) is 10.0 Å². The first-order chi connectivity index (χ1) is 12.5. The van der Waals surface area contributed by atoms with Gasteiger partial charge in [-0.15, -0.1) is 0 Å². The molecule has 0 bridgehead atoms. The molecule has 0 radical (unpaired) electrons. The van der Waals surface area contributed by atoms with Crippen molar-refractivity contribution in [3.63, 3.8) is 0 Å². The molecule has 1 amide bonds. The summed E-state index contributed by atoms with van der Waals surface area (Å²) in [5, 5.41) is 2.79. The Morgan fingerprint density at radius 1 is 1.12 bits per heavy atom. The van der Waals surface area contributed by atoms with Crippen molar-refractivity contribution in [2.24, 2.45) is 5.92 Å². The third kappa shape index (κ3) is 4.12. The van der Waals surface area contributed by atoms with Crippen LogP contribution in [0.3, 0.4) is 0 Å². The Kier molecular flexibility index (Phi) is 5.72. The van der Waals surface area contributed by atoms with Gasteiger partial charge in [0.25, 0.3) is 5.91 Å². The van der Waals surface area contributed by atoms with E-state index in [-0.39, 0.29) is 11.2 Å². The Bertz CT molecular complexity index is 753. The smallest absolute Gasteiger partial charge is 0.251 e. The Balaban J connectivity index is 1.50. The molecule has 1 heterocycles. The lowest BCUT2D eigenvalue weighted by Crippen LogP contribution is -2.42. The van der Waals surface area contributed by atoms with Gasteiger partial charge in [-0.3, -0.25) is 4.79 Å². The van der Waals surface area contributed by atoms with E-state index in [0.29, 0.717) is 42.6 Å². The highest BCUT2D eigenvalue weighted by Crippen LogP contribution is 2.33. The number of hydrogen-bond acceptors (Lipinski definition) is 5. The molecule has 3 rings (SSSR count). The Morgan fingerprint density at radius 2 is 1.77 bits per heavy atom. The molecule has 144 valence electrons. The number of carbonyl (C=O) groups is 1. The first-order valence-corrected chi connectivity index (χ1v) is 10.4. The fourth-order valence-electron chi connectivity index (χ4n) is 3.26. The van der Waals surface area contributed by atoms with E-state index >= 15 is 0 Å². The summed E-state index contributed by atoms with van der Waals surface area (Å²) in [4.78, 5) is 12.4. The number of nitrogens with zero attached hydrogens (tertiary/aromatic N) is 1. The average Bonchev–Trinajstić information content (AvgIpc) is 3.51. The molecule has 0 aromatic heterocycles. The van der Waals surface area contributed by atoms with Crippen molar-refractivity contribution in [3.8, 4) is 11.5 Å². The highest BCUT2D eigenvalue weighted by Gasteiger charge is 2.41. The molecule has 2 fully saturated rings. The molecule has 1 aliphatic carbocycles. The predicted molar refractivity (Wildman–Crippen MR) is 98.1 cm³/mol. The largest absolute Gasteiger partial charge is 0.493 e. The molecule has 0 atom stereocenters. The number of methoxy groups -OCH3 is 2. The van der Waals surface area contributed by atoms with Crippen molar-refractivity contribution in [3.05, 3.63) is 23.8 Å². The van der Waals surface area contributed by atoms with Gasteiger partial charge in [0.1, 0.15) is 0 Å². The van der Waals surface area contributed by atoms with Crippen LogP contribution in [0.4, 0.5) is 0 Å². The fourth-order valence-corrected chi connectivity index (χ4v) is 5.13. The van der Waals surface area contributed by atoms with Crippen LogP contribution in [0.25, 0.3) is 0 Å². The molecule has 2 aliphatic rings. The van der Waals surface area contributed by atoms with Gasteiger partial charge in [-0.1, -0.05) is 0 Å². The maximum Gasteiger partial charge on any atom is 0.251 e. The molecule has 1 N–H and O–H groups in total.